The van der Waals surface area contributed by atoms with E-state index in [1.54, 1.807) is 17.5 Å². The van der Waals surface area contributed by atoms with Crippen LogP contribution in [0.15, 0.2) is 46.0 Å². The molecule has 1 N–H and O–H groups in total. The number of thiophene rings is 1. The molecule has 1 atom stereocenters. The van der Waals surface area contributed by atoms with Gasteiger partial charge in [-0.2, -0.15) is 4.31 Å². The van der Waals surface area contributed by atoms with Crippen LogP contribution in [0, 0.1) is 5.92 Å². The zero-order chi connectivity index (χ0) is 19.4. The summed E-state index contributed by atoms with van der Waals surface area (Å²) >= 11 is 1.21. The molecule has 3 rings (SSSR count). The van der Waals surface area contributed by atoms with Gasteiger partial charge in [-0.25, -0.2) is 8.42 Å². The van der Waals surface area contributed by atoms with Gasteiger partial charge >= 0.3 is 0 Å². The highest BCUT2D eigenvalue weighted by molar-refractivity contribution is 7.91. The fourth-order valence-electron chi connectivity index (χ4n) is 3.27. The third-order valence-electron chi connectivity index (χ3n) is 4.96. The highest BCUT2D eigenvalue weighted by Gasteiger charge is 2.33. The van der Waals surface area contributed by atoms with E-state index in [1.165, 1.54) is 21.2 Å². The Morgan fingerprint density at radius 1 is 1.26 bits per heavy atom. The number of carbonyl (C=O) groups is 1. The number of nitrogens with one attached hydrogen (secondary N) is 1. The smallest absolute Gasteiger partial charge is 0.252 e. The van der Waals surface area contributed by atoms with E-state index in [0.29, 0.717) is 36.1 Å². The highest BCUT2D eigenvalue weighted by Crippen LogP contribution is 2.26. The van der Waals surface area contributed by atoms with Gasteiger partial charge in [0.25, 0.3) is 10.0 Å². The third kappa shape index (κ3) is 4.78. The molecule has 1 saturated heterocycles. The van der Waals surface area contributed by atoms with E-state index < -0.39 is 10.0 Å². The normalized spacial score (nSPS) is 18.6. The molecule has 0 radical (unpaired) electrons. The first-order chi connectivity index (χ1) is 12.9. The molecule has 5 nitrogen and oxygen atoms in total. The maximum atomic E-state index is 12.7. The fourth-order valence-corrected chi connectivity index (χ4v) is 5.93. The fraction of sp³-hybridized carbons (Fsp3) is 0.450. The Balaban J connectivity index is 1.58. The van der Waals surface area contributed by atoms with Crippen molar-refractivity contribution >= 4 is 27.3 Å². The van der Waals surface area contributed by atoms with Gasteiger partial charge in [-0.1, -0.05) is 44.2 Å². The molecule has 1 aromatic carbocycles. The first kappa shape index (κ1) is 20.0. The van der Waals surface area contributed by atoms with Crippen molar-refractivity contribution in [1.29, 1.82) is 0 Å². The molecule has 1 aliphatic heterocycles. The van der Waals surface area contributed by atoms with Gasteiger partial charge in [0, 0.05) is 19.6 Å². The summed E-state index contributed by atoms with van der Waals surface area (Å²) in [7, 11) is -3.49. The van der Waals surface area contributed by atoms with Crippen molar-refractivity contribution in [1.82, 2.24) is 9.62 Å². The van der Waals surface area contributed by atoms with Crippen molar-refractivity contribution in [3.63, 3.8) is 0 Å². The Morgan fingerprint density at radius 3 is 2.63 bits per heavy atom. The van der Waals surface area contributed by atoms with E-state index in [1.807, 2.05) is 12.1 Å². The number of nitrogens with zero attached hydrogens (tertiary/aromatic N) is 1. The number of benzene rings is 1. The van der Waals surface area contributed by atoms with Crippen LogP contribution in [-0.4, -0.2) is 31.7 Å². The maximum absolute atomic E-state index is 12.7. The van der Waals surface area contributed by atoms with Gasteiger partial charge in [-0.05, 0) is 41.3 Å². The van der Waals surface area contributed by atoms with E-state index >= 15 is 0 Å². The molecule has 1 unspecified atom stereocenters. The maximum Gasteiger partial charge on any atom is 0.252 e. The zero-order valence-electron chi connectivity index (χ0n) is 15.7. The molecule has 146 valence electrons. The van der Waals surface area contributed by atoms with E-state index in [4.69, 9.17) is 0 Å². The summed E-state index contributed by atoms with van der Waals surface area (Å²) in [6.07, 6.45) is 1.42. The Hall–Kier alpha value is -1.70. The number of hydrogen-bond acceptors (Lipinski definition) is 4. The number of hydrogen-bond donors (Lipinski definition) is 1. The minimum Gasteiger partial charge on any atom is -0.352 e. The predicted octanol–water partition coefficient (Wildman–Crippen LogP) is 3.59. The van der Waals surface area contributed by atoms with Crippen molar-refractivity contribution in [2.24, 2.45) is 5.92 Å². The lowest BCUT2D eigenvalue weighted by molar-refractivity contribution is -0.126. The number of rotatable bonds is 6. The minimum absolute atomic E-state index is 0.0750. The highest BCUT2D eigenvalue weighted by atomic mass is 32.2. The lowest BCUT2D eigenvalue weighted by Crippen LogP contribution is -2.45. The molecule has 0 saturated carbocycles. The second kappa shape index (κ2) is 8.54. The monoisotopic (exact) mass is 406 g/mol. The Kier molecular flexibility index (Phi) is 6.34. The van der Waals surface area contributed by atoms with Crippen molar-refractivity contribution in [2.45, 2.75) is 43.4 Å². The van der Waals surface area contributed by atoms with E-state index in [9.17, 15) is 13.2 Å². The number of carbonyl (C=O) groups excluding carboxylic acids is 1. The van der Waals surface area contributed by atoms with Crippen molar-refractivity contribution in [2.75, 3.05) is 13.1 Å². The first-order valence-electron chi connectivity index (χ1n) is 9.28. The third-order valence-corrected chi connectivity index (χ3v) is 8.20. The van der Waals surface area contributed by atoms with Crippen LogP contribution in [0.4, 0.5) is 0 Å². The standard InChI is InChI=1S/C20H26N2O3S2/c1-15(2)17-9-7-16(8-10-17)13-21-20(23)18-5-3-11-22(14-18)27(24,25)19-6-4-12-26-19/h4,6-10,12,15,18H,3,5,11,13-14H2,1-2H3,(H,21,23). The van der Waals surface area contributed by atoms with Crippen LogP contribution < -0.4 is 5.32 Å². The summed E-state index contributed by atoms with van der Waals surface area (Å²) in [6.45, 7) is 5.48. The number of sulfonamides is 1. The number of amides is 1. The molecule has 2 aromatic rings. The van der Waals surface area contributed by atoms with E-state index in [0.717, 1.165) is 5.56 Å². The largest absolute Gasteiger partial charge is 0.352 e. The van der Waals surface area contributed by atoms with Crippen LogP contribution in [-0.2, 0) is 21.4 Å². The van der Waals surface area contributed by atoms with Crippen molar-refractivity contribution in [3.8, 4) is 0 Å². The Morgan fingerprint density at radius 2 is 2.00 bits per heavy atom. The van der Waals surface area contributed by atoms with Crippen LogP contribution in [0.2, 0.25) is 0 Å². The topological polar surface area (TPSA) is 66.5 Å². The molecule has 0 bridgehead atoms. The molecule has 0 aliphatic carbocycles. The van der Waals surface area contributed by atoms with Gasteiger partial charge < -0.3 is 5.32 Å². The molecule has 2 heterocycles. The average molecular weight is 407 g/mol. The molecular formula is C20H26N2O3S2. The molecular weight excluding hydrogens is 380 g/mol. The van der Waals surface area contributed by atoms with E-state index in [-0.39, 0.29) is 18.4 Å². The minimum atomic E-state index is -3.49. The van der Waals surface area contributed by atoms with Crippen molar-refractivity contribution in [3.05, 3.63) is 52.9 Å². The second-order valence-electron chi connectivity index (χ2n) is 7.25. The van der Waals surface area contributed by atoms with Crippen molar-refractivity contribution < 1.29 is 13.2 Å². The summed E-state index contributed by atoms with van der Waals surface area (Å²) in [5, 5.41) is 4.72. The molecule has 7 heteroatoms. The van der Waals surface area contributed by atoms with Crippen LogP contribution in [0.25, 0.3) is 0 Å². The lowest BCUT2D eigenvalue weighted by Gasteiger charge is -2.30. The second-order valence-corrected chi connectivity index (χ2v) is 10.4. The van der Waals surface area contributed by atoms with Gasteiger partial charge in [-0.15, -0.1) is 11.3 Å². The Bertz CT molecular complexity index is 859. The zero-order valence-corrected chi connectivity index (χ0v) is 17.4. The Labute approximate surface area is 165 Å². The van der Waals surface area contributed by atoms with Gasteiger partial charge in [0.15, 0.2) is 0 Å². The van der Waals surface area contributed by atoms with Crippen LogP contribution in [0.1, 0.15) is 43.7 Å². The lowest BCUT2D eigenvalue weighted by atomic mass is 9.98. The van der Waals surface area contributed by atoms with Gasteiger partial charge in [0.05, 0.1) is 5.92 Å². The molecule has 1 amide bonds. The predicted molar refractivity (Wildman–Crippen MR) is 108 cm³/mol. The summed E-state index contributed by atoms with van der Waals surface area (Å²) in [5.41, 5.74) is 2.32. The average Bonchev–Trinajstić information content (AvgIpc) is 3.22. The summed E-state index contributed by atoms with van der Waals surface area (Å²) in [6, 6.07) is 11.6. The van der Waals surface area contributed by atoms with Gasteiger partial charge in [0.2, 0.25) is 5.91 Å². The molecule has 0 spiro atoms. The summed E-state index contributed by atoms with van der Waals surface area (Å²) in [5.74, 6) is 0.101. The van der Waals surface area contributed by atoms with Crippen LogP contribution in [0.3, 0.4) is 0 Å². The summed E-state index contributed by atoms with van der Waals surface area (Å²) < 4.78 is 27.2. The van der Waals surface area contributed by atoms with E-state index in [2.05, 4.69) is 31.3 Å². The molecule has 1 aromatic heterocycles. The van der Waals surface area contributed by atoms with Crippen LogP contribution in [0.5, 0.6) is 0 Å². The SMILES string of the molecule is CC(C)c1ccc(CNC(=O)C2CCCN(S(=O)(=O)c3cccs3)C2)cc1. The molecule has 1 aliphatic rings. The van der Waals surface area contributed by atoms with Gasteiger partial charge in [-0.3, -0.25) is 4.79 Å². The quantitative estimate of drug-likeness (QED) is 0.797. The number of piperidine rings is 1. The van der Waals surface area contributed by atoms with Gasteiger partial charge in [0.1, 0.15) is 4.21 Å². The first-order valence-corrected chi connectivity index (χ1v) is 11.6. The van der Waals surface area contributed by atoms with Crippen LogP contribution >= 0.6 is 11.3 Å². The molecule has 27 heavy (non-hydrogen) atoms. The molecule has 1 fully saturated rings. The summed E-state index contributed by atoms with van der Waals surface area (Å²) in [4.78, 5) is 12.6.